The molecule has 17 heteroatoms. The zero-order chi connectivity index (χ0) is 30.3. The van der Waals surface area contributed by atoms with Crippen LogP contribution in [0.1, 0.15) is 44.2 Å². The molecule has 0 bridgehead atoms. The van der Waals surface area contributed by atoms with Crippen molar-refractivity contribution in [1.82, 2.24) is 40.6 Å². The van der Waals surface area contributed by atoms with Crippen molar-refractivity contribution < 1.29 is 33.8 Å². The van der Waals surface area contributed by atoms with Crippen molar-refractivity contribution in [2.75, 3.05) is 26.2 Å². The SMILES string of the molecule is CCOC(=O)c1nnnn1CC(=O)N[C@H](C)[C@H]1C(=O)N2C(C(=O)O)=C(S[C@@H]3CNC(C(=O)N4CC[C@@H](N)C4)C3)[C@H](C)[C@H]12. The summed E-state index contributed by atoms with van der Waals surface area (Å²) in [4.78, 5) is 67.0. The first-order valence-corrected chi connectivity index (χ1v) is 14.9. The Balaban J connectivity index is 1.22. The monoisotopic (exact) mass is 605 g/mol. The van der Waals surface area contributed by atoms with Crippen LogP contribution >= 0.6 is 11.8 Å². The minimum atomic E-state index is -1.19. The second-order valence-electron chi connectivity index (χ2n) is 11.0. The lowest BCUT2D eigenvalue weighted by Gasteiger charge is -2.47. The minimum absolute atomic E-state index is 0.00743. The second-order valence-corrected chi connectivity index (χ2v) is 12.4. The molecule has 3 amide bonds. The first kappa shape index (κ1) is 29.9. The lowest BCUT2D eigenvalue weighted by Crippen LogP contribution is -2.66. The number of carboxylic acid groups (broad SMARTS) is 1. The number of nitrogens with two attached hydrogens (primary N) is 1. The predicted octanol–water partition coefficient (Wildman–Crippen LogP) is -1.85. The van der Waals surface area contributed by atoms with Gasteiger partial charge in [0.05, 0.1) is 24.6 Å². The summed E-state index contributed by atoms with van der Waals surface area (Å²) in [5.74, 6) is -4.01. The number of esters is 1. The smallest absolute Gasteiger partial charge is 0.378 e. The number of nitrogens with one attached hydrogen (secondary N) is 2. The van der Waals surface area contributed by atoms with E-state index in [1.54, 1.807) is 18.7 Å². The molecular formula is C25H35N9O7S. The molecule has 1 aromatic heterocycles. The van der Waals surface area contributed by atoms with Crippen molar-refractivity contribution in [3.8, 4) is 0 Å². The molecule has 4 aliphatic rings. The molecule has 0 aliphatic carbocycles. The predicted molar refractivity (Wildman–Crippen MR) is 146 cm³/mol. The Hall–Kier alpha value is -3.57. The van der Waals surface area contributed by atoms with Crippen LogP contribution in [0.5, 0.6) is 0 Å². The van der Waals surface area contributed by atoms with E-state index < -0.39 is 35.8 Å². The molecule has 42 heavy (non-hydrogen) atoms. The highest BCUT2D eigenvalue weighted by Crippen LogP contribution is 2.51. The van der Waals surface area contributed by atoms with Gasteiger partial charge < -0.3 is 36.0 Å². The third-order valence-electron chi connectivity index (χ3n) is 8.22. The van der Waals surface area contributed by atoms with Crippen LogP contribution in [0.25, 0.3) is 0 Å². The number of amides is 3. The van der Waals surface area contributed by atoms with Crippen molar-refractivity contribution in [3.05, 3.63) is 16.4 Å². The molecule has 1 aromatic rings. The molecule has 1 unspecified atom stereocenters. The summed E-state index contributed by atoms with van der Waals surface area (Å²) in [7, 11) is 0. The van der Waals surface area contributed by atoms with E-state index in [9.17, 15) is 29.1 Å². The molecule has 3 saturated heterocycles. The van der Waals surface area contributed by atoms with Crippen LogP contribution in [0.4, 0.5) is 0 Å². The molecule has 16 nitrogen and oxygen atoms in total. The number of ether oxygens (including phenoxy) is 1. The number of nitrogens with zero attached hydrogens (tertiary/aromatic N) is 6. The van der Waals surface area contributed by atoms with Gasteiger partial charge in [-0.05, 0) is 37.1 Å². The Morgan fingerprint density at radius 3 is 2.74 bits per heavy atom. The van der Waals surface area contributed by atoms with Gasteiger partial charge in [-0.1, -0.05) is 6.92 Å². The summed E-state index contributed by atoms with van der Waals surface area (Å²) >= 11 is 1.40. The number of carbonyl (C=O) groups is 5. The summed E-state index contributed by atoms with van der Waals surface area (Å²) in [6.45, 7) is 6.65. The number of hydrogen-bond donors (Lipinski definition) is 4. The Morgan fingerprint density at radius 2 is 2.07 bits per heavy atom. The van der Waals surface area contributed by atoms with E-state index in [1.807, 2.05) is 6.92 Å². The van der Waals surface area contributed by atoms with Gasteiger partial charge in [-0.2, -0.15) is 0 Å². The van der Waals surface area contributed by atoms with Gasteiger partial charge in [0.25, 0.3) is 5.82 Å². The van der Waals surface area contributed by atoms with Crippen LogP contribution in [0.2, 0.25) is 0 Å². The minimum Gasteiger partial charge on any atom is -0.477 e. The summed E-state index contributed by atoms with van der Waals surface area (Å²) in [5.41, 5.74) is 5.92. The molecule has 5 N–H and O–H groups in total. The molecule has 5 rings (SSSR count). The van der Waals surface area contributed by atoms with E-state index in [4.69, 9.17) is 10.5 Å². The third kappa shape index (κ3) is 5.47. The fourth-order valence-corrected chi connectivity index (χ4v) is 7.72. The van der Waals surface area contributed by atoms with Crippen molar-refractivity contribution in [3.63, 3.8) is 0 Å². The van der Waals surface area contributed by atoms with Crippen molar-refractivity contribution >= 4 is 41.4 Å². The largest absolute Gasteiger partial charge is 0.477 e. The van der Waals surface area contributed by atoms with E-state index in [0.29, 0.717) is 31.0 Å². The van der Waals surface area contributed by atoms with Crippen LogP contribution in [0, 0.1) is 11.8 Å². The summed E-state index contributed by atoms with van der Waals surface area (Å²) in [6.07, 6.45) is 1.32. The number of carbonyl (C=O) groups excluding carboxylic acids is 4. The number of hydrogen-bond acceptors (Lipinski definition) is 12. The number of aromatic nitrogens is 4. The van der Waals surface area contributed by atoms with Gasteiger partial charge in [-0.3, -0.25) is 14.4 Å². The number of tetrazole rings is 1. The van der Waals surface area contributed by atoms with Gasteiger partial charge >= 0.3 is 11.9 Å². The maximum Gasteiger partial charge on any atom is 0.378 e. The number of thioether (sulfide) groups is 1. The van der Waals surface area contributed by atoms with Gasteiger partial charge in [-0.25, -0.2) is 14.3 Å². The number of fused-ring (bicyclic) bond motifs is 1. The number of rotatable bonds is 10. The maximum atomic E-state index is 13.3. The number of carboxylic acids is 1. The topological polar surface area (TPSA) is 215 Å². The highest BCUT2D eigenvalue weighted by atomic mass is 32.2. The van der Waals surface area contributed by atoms with E-state index in [0.717, 1.165) is 11.1 Å². The summed E-state index contributed by atoms with van der Waals surface area (Å²) in [5, 5.41) is 26.7. The van der Waals surface area contributed by atoms with Gasteiger partial charge in [0.2, 0.25) is 17.7 Å². The van der Waals surface area contributed by atoms with Crippen molar-refractivity contribution in [2.45, 2.75) is 69.6 Å². The number of likely N-dealkylation sites (tertiary alicyclic amines) is 1. The maximum absolute atomic E-state index is 13.3. The van der Waals surface area contributed by atoms with E-state index in [1.165, 1.54) is 16.7 Å². The Morgan fingerprint density at radius 1 is 1.31 bits per heavy atom. The summed E-state index contributed by atoms with van der Waals surface area (Å²) < 4.78 is 5.90. The van der Waals surface area contributed by atoms with Crippen LogP contribution in [0.15, 0.2) is 10.6 Å². The van der Waals surface area contributed by atoms with Gasteiger partial charge in [-0.15, -0.1) is 16.9 Å². The van der Waals surface area contributed by atoms with Crippen LogP contribution in [-0.2, 0) is 30.5 Å². The van der Waals surface area contributed by atoms with Gasteiger partial charge in [0.1, 0.15) is 12.2 Å². The van der Waals surface area contributed by atoms with E-state index in [-0.39, 0.29) is 59.7 Å². The fraction of sp³-hybridized carbons (Fsp3) is 0.680. The average Bonchev–Trinajstić information content (AvgIpc) is 3.72. The molecule has 4 aliphatic heterocycles. The van der Waals surface area contributed by atoms with Crippen molar-refractivity contribution in [2.24, 2.45) is 17.6 Å². The fourth-order valence-electron chi connectivity index (χ4n) is 6.24. The highest BCUT2D eigenvalue weighted by Gasteiger charge is 2.60. The zero-order valence-corrected chi connectivity index (χ0v) is 24.4. The molecule has 3 fully saturated rings. The molecule has 0 radical (unpaired) electrons. The quantitative estimate of drug-likeness (QED) is 0.170. The number of β-lactam (4-membered cyclic amide) rings is 1. The lowest BCUT2D eigenvalue weighted by atomic mass is 9.78. The Bertz CT molecular complexity index is 1320. The molecule has 0 spiro atoms. The van der Waals surface area contributed by atoms with Gasteiger partial charge in [0, 0.05) is 47.8 Å². The first-order chi connectivity index (χ1) is 20.0. The van der Waals surface area contributed by atoms with Crippen LogP contribution in [-0.4, -0.2) is 120 Å². The number of aliphatic carboxylic acids is 1. The molecule has 0 aromatic carbocycles. The Labute approximate surface area is 245 Å². The molecular weight excluding hydrogens is 570 g/mol. The average molecular weight is 606 g/mol. The standard InChI is InChI=1S/C25H35N9O7S/c1-4-41-25(40)21-29-30-31-33(21)10-16(35)28-12(3)17-18-11(2)20(19(24(38)39)34(18)23(17)37)42-14-7-15(27-8-14)22(36)32-6-5-13(26)9-32/h11-15,17-18,27H,4-10,26H2,1-3H3,(H,28,35)(H,38,39)/t11-,12-,13-,14+,15?,17-,18-/m1/s1. The molecule has 0 saturated carbocycles. The highest BCUT2D eigenvalue weighted by molar-refractivity contribution is 8.03. The lowest BCUT2D eigenvalue weighted by molar-refractivity contribution is -0.158. The van der Waals surface area contributed by atoms with Gasteiger partial charge in [0.15, 0.2) is 0 Å². The first-order valence-electron chi connectivity index (χ1n) is 14.0. The van der Waals surface area contributed by atoms with E-state index >= 15 is 0 Å². The normalized spacial score (nSPS) is 29.4. The van der Waals surface area contributed by atoms with E-state index in [2.05, 4.69) is 26.2 Å². The van der Waals surface area contributed by atoms with Crippen LogP contribution < -0.4 is 16.4 Å². The summed E-state index contributed by atoms with van der Waals surface area (Å²) in [6, 6.07) is -1.43. The second kappa shape index (κ2) is 12.0. The molecule has 7 atom stereocenters. The molecule has 5 heterocycles. The van der Waals surface area contributed by atoms with Crippen molar-refractivity contribution in [1.29, 1.82) is 0 Å². The third-order valence-corrected chi connectivity index (χ3v) is 9.73. The van der Waals surface area contributed by atoms with Crippen LogP contribution in [0.3, 0.4) is 0 Å². The molecule has 228 valence electrons. The zero-order valence-electron chi connectivity index (χ0n) is 23.6. The Kier molecular flexibility index (Phi) is 8.52.